The molecule has 2 aliphatic rings. The van der Waals surface area contributed by atoms with Crippen LogP contribution in [0.2, 0.25) is 0 Å². The van der Waals surface area contributed by atoms with Crippen LogP contribution in [-0.4, -0.2) is 0 Å². The zero-order valence-corrected chi connectivity index (χ0v) is 34.4. The van der Waals surface area contributed by atoms with Gasteiger partial charge in [-0.25, -0.2) is 0 Å². The Balaban J connectivity index is 1.06. The third-order valence-electron chi connectivity index (χ3n) is 14.4. The fourth-order valence-corrected chi connectivity index (χ4v) is 12.1. The molecule has 0 fully saturated rings. The van der Waals surface area contributed by atoms with Gasteiger partial charge in [0.2, 0.25) is 0 Å². The maximum atomic E-state index is 2.55. The van der Waals surface area contributed by atoms with Gasteiger partial charge < -0.3 is 0 Å². The molecule has 0 unspecified atom stereocenters. The first-order valence-electron chi connectivity index (χ1n) is 22.1. The second kappa shape index (κ2) is 13.0. The maximum absolute atomic E-state index is 2.55. The molecule has 2 aliphatic carbocycles. The Morgan fingerprint density at radius 1 is 0.206 bits per heavy atom. The summed E-state index contributed by atoms with van der Waals surface area (Å²) >= 11 is 0. The van der Waals surface area contributed by atoms with Gasteiger partial charge in [-0.2, -0.15) is 0 Å². The second-order valence-electron chi connectivity index (χ2n) is 17.4. The number of hydrogen-bond donors (Lipinski definition) is 0. The number of rotatable bonds is 3. The van der Waals surface area contributed by atoms with Crippen molar-refractivity contribution in [1.29, 1.82) is 0 Å². The Morgan fingerprint density at radius 2 is 0.571 bits per heavy atom. The molecular weight excluding hydrogens is 757 g/mol. The molecule has 0 saturated heterocycles. The smallest absolute Gasteiger partial charge is 0.0622 e. The minimum absolute atomic E-state index is 0.502. The zero-order chi connectivity index (χ0) is 41.2. The Bertz CT molecular complexity index is 3790. The molecule has 0 aliphatic heterocycles. The number of hydrogen-bond acceptors (Lipinski definition) is 0. The summed E-state index contributed by atoms with van der Waals surface area (Å²) < 4.78 is 0. The quantitative estimate of drug-likeness (QED) is 0.123. The molecule has 0 heterocycles. The van der Waals surface area contributed by atoms with Crippen LogP contribution in [0, 0.1) is 0 Å². The minimum Gasteiger partial charge on any atom is -0.0622 e. The van der Waals surface area contributed by atoms with Gasteiger partial charge in [-0.15, -0.1) is 0 Å². The zero-order valence-electron chi connectivity index (χ0n) is 34.4. The van der Waals surface area contributed by atoms with Crippen molar-refractivity contribution in [3.05, 3.63) is 253 Å². The molecule has 0 amide bonds. The molecule has 12 aromatic carbocycles. The normalized spacial score (nSPS) is 13.2. The molecular formula is C63H38. The van der Waals surface area contributed by atoms with Crippen LogP contribution >= 0.6 is 0 Å². The van der Waals surface area contributed by atoms with E-state index in [0.717, 1.165) is 0 Å². The van der Waals surface area contributed by atoms with E-state index in [0.29, 0.717) is 0 Å². The van der Waals surface area contributed by atoms with E-state index < -0.39 is 5.41 Å². The van der Waals surface area contributed by atoms with Crippen LogP contribution in [0.4, 0.5) is 0 Å². The van der Waals surface area contributed by atoms with E-state index in [1.165, 1.54) is 132 Å². The molecule has 0 nitrogen and oxygen atoms in total. The van der Waals surface area contributed by atoms with E-state index in [2.05, 4.69) is 231 Å². The Kier molecular flexibility index (Phi) is 7.13. The summed E-state index contributed by atoms with van der Waals surface area (Å²) in [5.41, 5.74) is 17.8. The highest BCUT2D eigenvalue weighted by Crippen LogP contribution is 2.67. The van der Waals surface area contributed by atoms with Crippen molar-refractivity contribution in [3.8, 4) is 55.6 Å². The average Bonchev–Trinajstić information content (AvgIpc) is 3.84. The highest BCUT2D eigenvalue weighted by molar-refractivity contribution is 6.24. The first-order valence-corrected chi connectivity index (χ1v) is 22.1. The Labute approximate surface area is 366 Å². The fourth-order valence-electron chi connectivity index (χ4n) is 12.1. The third-order valence-corrected chi connectivity index (χ3v) is 14.4. The lowest BCUT2D eigenvalue weighted by molar-refractivity contribution is 0.809. The largest absolute Gasteiger partial charge is 0.0737 e. The fraction of sp³-hybridized carbons (Fsp3) is 0.0159. The first kappa shape index (κ1) is 34.6. The lowest BCUT2D eigenvalue weighted by Crippen LogP contribution is -2.26. The van der Waals surface area contributed by atoms with E-state index in [4.69, 9.17) is 0 Å². The van der Waals surface area contributed by atoms with Crippen LogP contribution in [0.5, 0.6) is 0 Å². The van der Waals surface area contributed by atoms with Crippen molar-refractivity contribution in [2.24, 2.45) is 0 Å². The highest BCUT2D eigenvalue weighted by atomic mass is 14.5. The van der Waals surface area contributed by atoms with Crippen molar-refractivity contribution in [2.75, 3.05) is 0 Å². The van der Waals surface area contributed by atoms with E-state index >= 15 is 0 Å². The predicted octanol–water partition coefficient (Wildman–Crippen LogP) is 16.8. The molecule has 0 heteroatoms. The second-order valence-corrected chi connectivity index (χ2v) is 17.4. The number of benzene rings is 12. The first-order chi connectivity index (χ1) is 31.3. The molecule has 1 spiro atoms. The van der Waals surface area contributed by atoms with Gasteiger partial charge in [0.1, 0.15) is 0 Å². The number of fused-ring (bicyclic) bond motifs is 19. The third kappa shape index (κ3) is 4.54. The van der Waals surface area contributed by atoms with E-state index in [9.17, 15) is 0 Å². The van der Waals surface area contributed by atoms with Crippen molar-refractivity contribution in [2.45, 2.75) is 5.41 Å². The summed E-state index contributed by atoms with van der Waals surface area (Å²) in [5.74, 6) is 0. The SMILES string of the molecule is c1ccc(-c2c3ccccc3c(-c3ccc(-c4cc5c(c6ccccc46)C4(c6ccccc6-c6ccccc64)c4c-5c5ccccc5c5ccccc45)cc3)c3ccccc23)cc1. The molecule has 63 heavy (non-hydrogen) atoms. The summed E-state index contributed by atoms with van der Waals surface area (Å²) in [6, 6.07) is 86.5. The Morgan fingerprint density at radius 3 is 1.11 bits per heavy atom. The van der Waals surface area contributed by atoms with Gasteiger partial charge in [0.25, 0.3) is 0 Å². The van der Waals surface area contributed by atoms with Crippen LogP contribution in [0.3, 0.4) is 0 Å². The molecule has 0 atom stereocenters. The molecule has 0 aromatic heterocycles. The van der Waals surface area contributed by atoms with E-state index in [1.807, 2.05) is 0 Å². The molecule has 0 radical (unpaired) electrons. The minimum atomic E-state index is -0.502. The van der Waals surface area contributed by atoms with Crippen LogP contribution in [-0.2, 0) is 5.41 Å². The van der Waals surface area contributed by atoms with Crippen LogP contribution in [0.15, 0.2) is 231 Å². The molecule has 0 bridgehead atoms. The molecule has 0 saturated carbocycles. The van der Waals surface area contributed by atoms with Crippen LogP contribution in [0.25, 0.3) is 109 Å². The molecule has 290 valence electrons. The standard InChI is InChI=1S/C63H38/c1-2-18-40(19-3-1)58-48-26-8-10-28-50(48)59(51-29-11-9-27-49(51)58)41-36-34-39(35-37-41)54-38-55-60-47-25-7-4-20-42(47)43-21-5-13-31-53(43)62(60)63(61(55)52-30-12-6-22-44(52)54)56-32-16-14-23-45(56)46-24-15-17-33-57(46)63/h1-38H. The summed E-state index contributed by atoms with van der Waals surface area (Å²) in [6.45, 7) is 0. The predicted molar refractivity (Wildman–Crippen MR) is 267 cm³/mol. The van der Waals surface area contributed by atoms with Crippen molar-refractivity contribution < 1.29 is 0 Å². The van der Waals surface area contributed by atoms with Gasteiger partial charge >= 0.3 is 0 Å². The molecule has 14 rings (SSSR count). The van der Waals surface area contributed by atoms with E-state index in [1.54, 1.807) is 0 Å². The van der Waals surface area contributed by atoms with Gasteiger partial charge in [-0.05, 0) is 138 Å². The highest BCUT2D eigenvalue weighted by Gasteiger charge is 2.54. The van der Waals surface area contributed by atoms with Crippen LogP contribution < -0.4 is 0 Å². The van der Waals surface area contributed by atoms with Gasteiger partial charge in [0.15, 0.2) is 0 Å². The average molecular weight is 795 g/mol. The topological polar surface area (TPSA) is 0 Å². The lowest BCUT2D eigenvalue weighted by atomic mass is 9.68. The van der Waals surface area contributed by atoms with Gasteiger partial charge in [-0.3, -0.25) is 0 Å². The lowest BCUT2D eigenvalue weighted by Gasteiger charge is -2.33. The van der Waals surface area contributed by atoms with Crippen molar-refractivity contribution in [3.63, 3.8) is 0 Å². The van der Waals surface area contributed by atoms with Crippen LogP contribution in [0.1, 0.15) is 22.3 Å². The summed E-state index contributed by atoms with van der Waals surface area (Å²) in [5, 5.41) is 12.9. The summed E-state index contributed by atoms with van der Waals surface area (Å²) in [4.78, 5) is 0. The monoisotopic (exact) mass is 794 g/mol. The van der Waals surface area contributed by atoms with Crippen molar-refractivity contribution in [1.82, 2.24) is 0 Å². The molecule has 0 N–H and O–H groups in total. The Hall–Kier alpha value is -8.06. The van der Waals surface area contributed by atoms with Gasteiger partial charge in [-0.1, -0.05) is 224 Å². The van der Waals surface area contributed by atoms with E-state index in [-0.39, 0.29) is 0 Å². The summed E-state index contributed by atoms with van der Waals surface area (Å²) in [6.07, 6.45) is 0. The summed E-state index contributed by atoms with van der Waals surface area (Å²) in [7, 11) is 0. The molecule has 12 aromatic rings. The maximum Gasteiger partial charge on any atom is 0.0737 e. The van der Waals surface area contributed by atoms with Crippen molar-refractivity contribution >= 4 is 53.9 Å². The van der Waals surface area contributed by atoms with Gasteiger partial charge in [0, 0.05) is 0 Å². The van der Waals surface area contributed by atoms with Gasteiger partial charge in [0.05, 0.1) is 5.41 Å².